The minimum atomic E-state index is -0.435. The average Bonchev–Trinajstić information content (AvgIpc) is 3.34. The van der Waals surface area contributed by atoms with Crippen LogP contribution in [0.5, 0.6) is 23.0 Å². The summed E-state index contributed by atoms with van der Waals surface area (Å²) in [5, 5.41) is 18.2. The number of fused-ring (bicyclic) bond motifs is 1. The third-order valence-corrected chi connectivity index (χ3v) is 6.03. The molecule has 2 aromatic carbocycles. The van der Waals surface area contributed by atoms with Gasteiger partial charge in [-0.05, 0) is 55.2 Å². The standard InChI is InChI=1S/C25H29N3O5/c1-7-8-28-22(15-11-17(31-4)24(33-6)18(12-15)32-5)19-20(26-27-21(19)25(28)30)16-10-13(2)9-14(3)23(16)29/h9-12,22,29H,7-8H2,1-6H3,(H,26,27). The van der Waals surface area contributed by atoms with Crippen molar-refractivity contribution >= 4 is 5.91 Å². The number of carbonyl (C=O) groups is 1. The Morgan fingerprint density at radius 2 is 1.73 bits per heavy atom. The number of methoxy groups -OCH3 is 3. The number of ether oxygens (including phenoxy) is 3. The zero-order chi connectivity index (χ0) is 23.9. The van der Waals surface area contributed by atoms with Crippen LogP contribution in [0.1, 0.15) is 52.1 Å². The van der Waals surface area contributed by atoms with Crippen LogP contribution < -0.4 is 14.2 Å². The topological polar surface area (TPSA) is 96.9 Å². The molecule has 4 rings (SSSR count). The monoisotopic (exact) mass is 451 g/mol. The molecule has 0 saturated heterocycles. The van der Waals surface area contributed by atoms with Gasteiger partial charge in [-0.3, -0.25) is 9.89 Å². The molecule has 3 aromatic rings. The summed E-state index contributed by atoms with van der Waals surface area (Å²) in [7, 11) is 4.68. The summed E-state index contributed by atoms with van der Waals surface area (Å²) in [4.78, 5) is 15.2. The molecule has 0 spiro atoms. The fourth-order valence-electron chi connectivity index (χ4n) is 4.62. The molecule has 2 heterocycles. The Balaban J connectivity index is 1.98. The quantitative estimate of drug-likeness (QED) is 0.553. The Hall–Kier alpha value is -3.68. The SMILES string of the molecule is CCCN1C(=O)c2[nH]nc(-c3cc(C)cc(C)c3O)c2C1c1cc(OC)c(OC)c(OC)c1. The van der Waals surface area contributed by atoms with Crippen LogP contribution in [0.15, 0.2) is 24.3 Å². The molecule has 0 aliphatic carbocycles. The molecule has 2 N–H and O–H groups in total. The molecule has 1 unspecified atom stereocenters. The maximum absolute atomic E-state index is 13.4. The fraction of sp³-hybridized carbons (Fsp3) is 0.360. The number of rotatable bonds is 7. The van der Waals surface area contributed by atoms with Gasteiger partial charge >= 0.3 is 0 Å². The van der Waals surface area contributed by atoms with Crippen LogP contribution in [-0.4, -0.2) is 54.0 Å². The average molecular weight is 452 g/mol. The summed E-state index contributed by atoms with van der Waals surface area (Å²) >= 11 is 0. The zero-order valence-electron chi connectivity index (χ0n) is 19.8. The van der Waals surface area contributed by atoms with E-state index < -0.39 is 6.04 Å². The van der Waals surface area contributed by atoms with Crippen molar-refractivity contribution in [1.82, 2.24) is 15.1 Å². The minimum Gasteiger partial charge on any atom is -0.507 e. The summed E-state index contributed by atoms with van der Waals surface area (Å²) < 4.78 is 16.6. The van der Waals surface area contributed by atoms with Crippen LogP contribution in [-0.2, 0) is 0 Å². The first-order valence-corrected chi connectivity index (χ1v) is 10.9. The van der Waals surface area contributed by atoms with E-state index in [1.54, 1.807) is 21.3 Å². The molecule has 1 aliphatic heterocycles. The first-order chi connectivity index (χ1) is 15.9. The maximum Gasteiger partial charge on any atom is 0.273 e. The van der Waals surface area contributed by atoms with Gasteiger partial charge < -0.3 is 24.2 Å². The minimum absolute atomic E-state index is 0.131. The van der Waals surface area contributed by atoms with Gasteiger partial charge in [0.05, 0.1) is 27.4 Å². The Kier molecular flexibility index (Phi) is 5.93. The van der Waals surface area contributed by atoms with Crippen molar-refractivity contribution in [3.8, 4) is 34.3 Å². The third-order valence-electron chi connectivity index (χ3n) is 6.03. The number of aromatic hydroxyl groups is 1. The zero-order valence-corrected chi connectivity index (χ0v) is 19.8. The number of amides is 1. The first-order valence-electron chi connectivity index (χ1n) is 10.9. The van der Waals surface area contributed by atoms with Gasteiger partial charge in [-0.15, -0.1) is 0 Å². The molecule has 174 valence electrons. The molecular formula is C25H29N3O5. The Bertz CT molecular complexity index is 1190. The van der Waals surface area contributed by atoms with Crippen LogP contribution in [0.25, 0.3) is 11.3 Å². The predicted octanol–water partition coefficient (Wildman–Crippen LogP) is 4.38. The number of hydrogen-bond donors (Lipinski definition) is 2. The summed E-state index contributed by atoms with van der Waals surface area (Å²) in [5.74, 6) is 1.51. The van der Waals surface area contributed by atoms with Gasteiger partial charge in [-0.2, -0.15) is 5.10 Å². The van der Waals surface area contributed by atoms with Crippen LogP contribution in [0.2, 0.25) is 0 Å². The first kappa shape index (κ1) is 22.5. The van der Waals surface area contributed by atoms with Crippen molar-refractivity contribution in [3.05, 3.63) is 52.2 Å². The fourth-order valence-corrected chi connectivity index (χ4v) is 4.62. The molecule has 1 amide bonds. The van der Waals surface area contributed by atoms with Gasteiger partial charge in [0.25, 0.3) is 5.91 Å². The maximum atomic E-state index is 13.4. The van der Waals surface area contributed by atoms with E-state index in [0.717, 1.165) is 28.7 Å². The van der Waals surface area contributed by atoms with Crippen LogP contribution in [0.3, 0.4) is 0 Å². The highest BCUT2D eigenvalue weighted by atomic mass is 16.5. The second kappa shape index (κ2) is 8.69. The normalized spacial score (nSPS) is 15.0. The number of aryl methyl sites for hydroxylation is 2. The van der Waals surface area contributed by atoms with E-state index in [9.17, 15) is 9.90 Å². The molecule has 0 saturated carbocycles. The number of H-pyrrole nitrogens is 1. The number of aromatic nitrogens is 2. The summed E-state index contributed by atoms with van der Waals surface area (Å²) in [6.45, 7) is 6.40. The number of carbonyl (C=O) groups excluding carboxylic acids is 1. The van der Waals surface area contributed by atoms with E-state index in [0.29, 0.717) is 40.7 Å². The summed E-state index contributed by atoms with van der Waals surface area (Å²) in [6, 6.07) is 7.08. The van der Waals surface area contributed by atoms with Crippen LogP contribution >= 0.6 is 0 Å². The second-order valence-corrected chi connectivity index (χ2v) is 8.20. The number of hydrogen-bond acceptors (Lipinski definition) is 6. The molecule has 0 bridgehead atoms. The Morgan fingerprint density at radius 1 is 1.06 bits per heavy atom. The van der Waals surface area contributed by atoms with Crippen molar-refractivity contribution in [2.75, 3.05) is 27.9 Å². The number of phenolic OH excluding ortho intramolecular Hbond substituents is 1. The lowest BCUT2D eigenvalue weighted by atomic mass is 9.93. The van der Waals surface area contributed by atoms with Crippen LogP contribution in [0.4, 0.5) is 0 Å². The highest BCUT2D eigenvalue weighted by molar-refractivity contribution is 6.00. The highest BCUT2D eigenvalue weighted by Gasteiger charge is 2.42. The molecule has 8 heteroatoms. The van der Waals surface area contributed by atoms with Crippen molar-refractivity contribution in [2.24, 2.45) is 0 Å². The van der Waals surface area contributed by atoms with Crippen LogP contribution in [0, 0.1) is 13.8 Å². The van der Waals surface area contributed by atoms with Crippen molar-refractivity contribution < 1.29 is 24.1 Å². The highest BCUT2D eigenvalue weighted by Crippen LogP contribution is 2.48. The molecule has 33 heavy (non-hydrogen) atoms. The lowest BCUT2D eigenvalue weighted by Crippen LogP contribution is -2.30. The van der Waals surface area contributed by atoms with E-state index in [4.69, 9.17) is 14.2 Å². The van der Waals surface area contributed by atoms with Gasteiger partial charge in [-0.25, -0.2) is 0 Å². The molecule has 0 radical (unpaired) electrons. The van der Waals surface area contributed by atoms with Crippen molar-refractivity contribution in [2.45, 2.75) is 33.2 Å². The summed E-state index contributed by atoms with van der Waals surface area (Å²) in [5.41, 5.74) is 4.85. The molecule has 1 aliphatic rings. The molecular weight excluding hydrogens is 422 g/mol. The number of aromatic amines is 1. The molecule has 8 nitrogen and oxygen atoms in total. The number of phenols is 1. The number of nitrogens with one attached hydrogen (secondary N) is 1. The van der Waals surface area contributed by atoms with Gasteiger partial charge in [0.2, 0.25) is 5.75 Å². The van der Waals surface area contributed by atoms with Gasteiger partial charge in [0.15, 0.2) is 11.5 Å². The lowest BCUT2D eigenvalue weighted by Gasteiger charge is -2.27. The Labute approximate surface area is 193 Å². The lowest BCUT2D eigenvalue weighted by molar-refractivity contribution is 0.0743. The van der Waals surface area contributed by atoms with Gasteiger partial charge in [-0.1, -0.05) is 13.0 Å². The van der Waals surface area contributed by atoms with E-state index in [-0.39, 0.29) is 11.7 Å². The largest absolute Gasteiger partial charge is 0.507 e. The third kappa shape index (κ3) is 3.55. The van der Waals surface area contributed by atoms with E-state index >= 15 is 0 Å². The Morgan fingerprint density at radius 3 is 2.30 bits per heavy atom. The van der Waals surface area contributed by atoms with Crippen molar-refractivity contribution in [1.29, 1.82) is 0 Å². The van der Waals surface area contributed by atoms with E-state index in [2.05, 4.69) is 10.2 Å². The molecule has 1 atom stereocenters. The number of benzene rings is 2. The van der Waals surface area contributed by atoms with E-state index in [1.165, 1.54) is 0 Å². The van der Waals surface area contributed by atoms with Gasteiger partial charge in [0, 0.05) is 17.7 Å². The second-order valence-electron chi connectivity index (χ2n) is 8.20. The predicted molar refractivity (Wildman–Crippen MR) is 124 cm³/mol. The van der Waals surface area contributed by atoms with Gasteiger partial charge in [0.1, 0.15) is 17.1 Å². The molecule has 0 fully saturated rings. The number of nitrogens with zero attached hydrogens (tertiary/aromatic N) is 2. The van der Waals surface area contributed by atoms with E-state index in [1.807, 2.05) is 49.9 Å². The smallest absolute Gasteiger partial charge is 0.273 e. The summed E-state index contributed by atoms with van der Waals surface area (Å²) in [6.07, 6.45) is 0.786. The molecule has 1 aromatic heterocycles. The van der Waals surface area contributed by atoms with Crippen molar-refractivity contribution in [3.63, 3.8) is 0 Å².